The average Bonchev–Trinajstić information content (AvgIpc) is 2.32. The molecule has 0 atom stereocenters. The number of hydrogen-bond acceptors (Lipinski definition) is 2. The van der Waals surface area contributed by atoms with Crippen LogP contribution in [0.4, 0.5) is 5.69 Å². The first-order valence-electron chi connectivity index (χ1n) is 5.37. The fraction of sp³-hybridized carbons (Fsp3) is 0.133. The van der Waals surface area contributed by atoms with Crippen molar-refractivity contribution in [3.05, 3.63) is 60.7 Å². The molecule has 0 heterocycles. The Kier molecular flexibility index (Phi) is 4.30. The van der Waals surface area contributed by atoms with Crippen LogP contribution in [-0.4, -0.2) is 0 Å². The van der Waals surface area contributed by atoms with E-state index in [-0.39, 0.29) is 0 Å². The van der Waals surface area contributed by atoms with Gasteiger partial charge >= 0.3 is 0 Å². The largest absolute Gasteiger partial charge is 0.398 e. The summed E-state index contributed by atoms with van der Waals surface area (Å²) < 4.78 is 0. The van der Waals surface area contributed by atoms with E-state index in [1.165, 1.54) is 0 Å². The van der Waals surface area contributed by atoms with E-state index in [1.54, 1.807) is 6.08 Å². The summed E-state index contributed by atoms with van der Waals surface area (Å²) in [5, 5.41) is 8.98. The maximum atomic E-state index is 8.98. The number of anilines is 1. The highest BCUT2D eigenvalue weighted by atomic mass is 14.6. The zero-order valence-corrected chi connectivity index (χ0v) is 9.87. The van der Waals surface area contributed by atoms with Gasteiger partial charge in [0.1, 0.15) is 0 Å². The Balaban J connectivity index is 3.47. The van der Waals surface area contributed by atoms with E-state index in [1.807, 2.05) is 18.2 Å². The molecule has 0 unspecified atom stereocenters. The molecule has 0 aliphatic carbocycles. The van der Waals surface area contributed by atoms with Crippen molar-refractivity contribution >= 4 is 11.3 Å². The van der Waals surface area contributed by atoms with Gasteiger partial charge in [0.2, 0.25) is 0 Å². The molecule has 1 aromatic rings. The fourth-order valence-electron chi connectivity index (χ4n) is 1.85. The average molecular weight is 224 g/mol. The SMILES string of the molecule is C=CCc1ccc(N)c(C(=C)C#N)c1CC=C. The summed E-state index contributed by atoms with van der Waals surface area (Å²) in [6.07, 6.45) is 5.05. The van der Waals surface area contributed by atoms with Crippen molar-refractivity contribution < 1.29 is 0 Å². The van der Waals surface area contributed by atoms with Crippen molar-refractivity contribution in [2.45, 2.75) is 12.8 Å². The first-order chi connectivity index (χ1) is 8.15. The van der Waals surface area contributed by atoms with Crippen molar-refractivity contribution in [2.24, 2.45) is 0 Å². The van der Waals surface area contributed by atoms with Crippen LogP contribution in [0, 0.1) is 11.3 Å². The van der Waals surface area contributed by atoms with Crippen molar-refractivity contribution in [1.82, 2.24) is 0 Å². The minimum atomic E-state index is 0.394. The lowest BCUT2D eigenvalue weighted by Crippen LogP contribution is -2.02. The minimum Gasteiger partial charge on any atom is -0.398 e. The quantitative estimate of drug-likeness (QED) is 0.474. The lowest BCUT2D eigenvalue weighted by Gasteiger charge is -2.14. The summed E-state index contributed by atoms with van der Waals surface area (Å²) in [7, 11) is 0. The summed E-state index contributed by atoms with van der Waals surface area (Å²) in [5.41, 5.74) is 9.77. The molecule has 86 valence electrons. The molecule has 2 N–H and O–H groups in total. The van der Waals surface area contributed by atoms with Gasteiger partial charge in [-0.3, -0.25) is 0 Å². The third-order valence-electron chi connectivity index (χ3n) is 2.59. The molecular weight excluding hydrogens is 208 g/mol. The number of nitriles is 1. The van der Waals surface area contributed by atoms with Crippen LogP contribution >= 0.6 is 0 Å². The maximum absolute atomic E-state index is 8.98. The molecule has 0 saturated heterocycles. The van der Waals surface area contributed by atoms with Crippen molar-refractivity contribution in [3.63, 3.8) is 0 Å². The zero-order chi connectivity index (χ0) is 12.8. The number of allylic oxidation sites excluding steroid dienone is 3. The van der Waals surface area contributed by atoms with E-state index in [9.17, 15) is 0 Å². The van der Waals surface area contributed by atoms with Gasteiger partial charge in [0, 0.05) is 11.3 Å². The van der Waals surface area contributed by atoms with Gasteiger partial charge < -0.3 is 5.73 Å². The van der Waals surface area contributed by atoms with Crippen molar-refractivity contribution in [3.8, 4) is 6.07 Å². The van der Waals surface area contributed by atoms with Crippen LogP contribution in [-0.2, 0) is 12.8 Å². The molecular formula is C15H16N2. The summed E-state index contributed by atoms with van der Waals surface area (Å²) in [6.45, 7) is 11.2. The van der Waals surface area contributed by atoms with Crippen LogP contribution in [0.1, 0.15) is 16.7 Å². The van der Waals surface area contributed by atoms with Gasteiger partial charge in [-0.2, -0.15) is 5.26 Å². The molecule has 0 amide bonds. The molecule has 0 saturated carbocycles. The fourth-order valence-corrected chi connectivity index (χ4v) is 1.85. The smallest absolute Gasteiger partial charge is 0.0992 e. The van der Waals surface area contributed by atoms with E-state index in [4.69, 9.17) is 11.0 Å². The Labute approximate surface area is 102 Å². The number of nitrogens with zero attached hydrogens (tertiary/aromatic N) is 1. The molecule has 17 heavy (non-hydrogen) atoms. The van der Waals surface area contributed by atoms with E-state index < -0.39 is 0 Å². The topological polar surface area (TPSA) is 49.8 Å². The van der Waals surface area contributed by atoms with E-state index >= 15 is 0 Å². The van der Waals surface area contributed by atoms with Crippen LogP contribution in [0.15, 0.2) is 44.0 Å². The summed E-state index contributed by atoms with van der Waals surface area (Å²) in [5.74, 6) is 0. The Morgan fingerprint density at radius 1 is 1.29 bits per heavy atom. The molecule has 1 rings (SSSR count). The second-order valence-electron chi connectivity index (χ2n) is 3.74. The molecule has 0 aromatic heterocycles. The molecule has 0 radical (unpaired) electrons. The summed E-state index contributed by atoms with van der Waals surface area (Å²) in [6, 6.07) is 5.83. The van der Waals surface area contributed by atoms with Gasteiger partial charge in [-0.05, 0) is 30.0 Å². The number of nitrogen functional groups attached to an aromatic ring is 1. The Morgan fingerprint density at radius 2 is 1.94 bits per heavy atom. The lowest BCUT2D eigenvalue weighted by molar-refractivity contribution is 1.15. The number of benzene rings is 1. The van der Waals surface area contributed by atoms with Crippen LogP contribution in [0.2, 0.25) is 0 Å². The van der Waals surface area contributed by atoms with Crippen LogP contribution < -0.4 is 5.73 Å². The van der Waals surface area contributed by atoms with Gasteiger partial charge in [-0.1, -0.05) is 24.8 Å². The highest BCUT2D eigenvalue weighted by Crippen LogP contribution is 2.28. The summed E-state index contributed by atoms with van der Waals surface area (Å²) >= 11 is 0. The second-order valence-corrected chi connectivity index (χ2v) is 3.74. The third-order valence-corrected chi connectivity index (χ3v) is 2.59. The Bertz CT molecular complexity index is 504. The van der Waals surface area contributed by atoms with E-state index in [0.29, 0.717) is 17.7 Å². The van der Waals surface area contributed by atoms with Crippen molar-refractivity contribution in [2.75, 3.05) is 5.73 Å². The standard InChI is InChI=1S/C15H16N2/c1-4-6-12-8-9-14(17)15(11(3)10-16)13(12)7-5-2/h4-5,8-9H,1-3,6-7,17H2. The molecule has 0 aliphatic rings. The molecule has 2 heteroatoms. The first-order valence-corrected chi connectivity index (χ1v) is 5.37. The highest BCUT2D eigenvalue weighted by molar-refractivity contribution is 5.84. The van der Waals surface area contributed by atoms with E-state index in [0.717, 1.165) is 23.1 Å². The van der Waals surface area contributed by atoms with Crippen molar-refractivity contribution in [1.29, 1.82) is 5.26 Å². The van der Waals surface area contributed by atoms with E-state index in [2.05, 4.69) is 25.8 Å². The number of nitrogens with two attached hydrogens (primary N) is 1. The Hall–Kier alpha value is -2.27. The molecule has 0 spiro atoms. The van der Waals surface area contributed by atoms with Gasteiger partial charge in [0.15, 0.2) is 0 Å². The minimum absolute atomic E-state index is 0.394. The second kappa shape index (κ2) is 5.72. The van der Waals surface area contributed by atoms with Gasteiger partial charge in [0.05, 0.1) is 11.6 Å². The summed E-state index contributed by atoms with van der Waals surface area (Å²) in [4.78, 5) is 0. The maximum Gasteiger partial charge on any atom is 0.0992 e. The third kappa shape index (κ3) is 2.64. The monoisotopic (exact) mass is 224 g/mol. The molecule has 0 aliphatic heterocycles. The predicted molar refractivity (Wildman–Crippen MR) is 73.3 cm³/mol. The number of rotatable bonds is 5. The van der Waals surface area contributed by atoms with Gasteiger partial charge in [-0.15, -0.1) is 13.2 Å². The molecule has 1 aromatic carbocycles. The zero-order valence-electron chi connectivity index (χ0n) is 9.87. The highest BCUT2D eigenvalue weighted by Gasteiger charge is 2.12. The first kappa shape index (κ1) is 12.8. The Morgan fingerprint density at radius 3 is 2.47 bits per heavy atom. The van der Waals surface area contributed by atoms with Crippen LogP contribution in [0.25, 0.3) is 5.57 Å². The lowest BCUT2D eigenvalue weighted by atomic mass is 9.91. The molecule has 2 nitrogen and oxygen atoms in total. The van der Waals surface area contributed by atoms with Crippen LogP contribution in [0.3, 0.4) is 0 Å². The normalized spacial score (nSPS) is 9.35. The van der Waals surface area contributed by atoms with Gasteiger partial charge in [-0.25, -0.2) is 0 Å². The number of hydrogen-bond donors (Lipinski definition) is 1. The molecule has 0 bridgehead atoms. The predicted octanol–water partition coefficient (Wildman–Crippen LogP) is 3.26. The molecule has 0 fully saturated rings. The van der Waals surface area contributed by atoms with Gasteiger partial charge in [0.25, 0.3) is 0 Å². The van der Waals surface area contributed by atoms with Crippen LogP contribution in [0.5, 0.6) is 0 Å².